The maximum Gasteiger partial charge on any atom is 0.272 e. The molecule has 0 saturated heterocycles. The Balaban J connectivity index is 2.27. The van der Waals surface area contributed by atoms with Crippen LogP contribution in [0, 0.1) is 0 Å². The molecule has 7 heteroatoms. The summed E-state index contributed by atoms with van der Waals surface area (Å²) in [6.45, 7) is 3.68. The zero-order valence-corrected chi connectivity index (χ0v) is 11.0. The van der Waals surface area contributed by atoms with E-state index in [2.05, 4.69) is 25.3 Å². The van der Waals surface area contributed by atoms with E-state index in [0.717, 1.165) is 6.42 Å². The minimum absolute atomic E-state index is 0.121. The van der Waals surface area contributed by atoms with Crippen molar-refractivity contribution in [1.29, 1.82) is 0 Å². The average Bonchev–Trinajstić information content (AvgIpc) is 2.86. The third kappa shape index (κ3) is 2.70. The lowest BCUT2D eigenvalue weighted by molar-refractivity contribution is 0.0837. The summed E-state index contributed by atoms with van der Waals surface area (Å²) in [6, 6.07) is 0. The van der Waals surface area contributed by atoms with Crippen molar-refractivity contribution in [2.45, 2.75) is 32.2 Å². The molecule has 0 fully saturated rings. The molecule has 1 atom stereocenters. The number of aromatic amines is 1. The molecule has 2 heterocycles. The lowest BCUT2D eigenvalue weighted by Gasteiger charge is -2.28. The minimum Gasteiger partial charge on any atom is -0.394 e. The number of amides is 1. The second-order valence-electron chi connectivity index (χ2n) is 4.75. The molecule has 0 aromatic carbocycles. The fraction of sp³-hybridized carbons (Fsp3) is 0.500. The highest BCUT2D eigenvalue weighted by atomic mass is 16.3. The number of aromatic nitrogens is 4. The standard InChI is InChI=1S/C12H17N5O2/c1-3-4-12(2,5-18)17-11(19)9-8-10(15-6-13-8)16-7-14-9/h6-7,18H,3-5H2,1-2H3,(H,17,19)(H,13,14,15,16). The van der Waals surface area contributed by atoms with Gasteiger partial charge in [0.05, 0.1) is 18.5 Å². The molecule has 19 heavy (non-hydrogen) atoms. The predicted octanol–water partition coefficient (Wildman–Crippen LogP) is 0.634. The topological polar surface area (TPSA) is 104 Å². The molecule has 7 nitrogen and oxygen atoms in total. The Kier molecular flexibility index (Phi) is 3.75. The third-order valence-electron chi connectivity index (χ3n) is 3.00. The SMILES string of the molecule is CCCC(C)(CO)NC(=O)c1ncnc2nc[nH]c12. The number of carbonyl (C=O) groups excluding carboxylic acids is 1. The van der Waals surface area contributed by atoms with Gasteiger partial charge in [0, 0.05) is 0 Å². The van der Waals surface area contributed by atoms with Gasteiger partial charge in [-0.15, -0.1) is 0 Å². The number of H-pyrrole nitrogens is 1. The highest BCUT2D eigenvalue weighted by Gasteiger charge is 2.26. The maximum absolute atomic E-state index is 12.2. The molecule has 0 aliphatic rings. The zero-order valence-electron chi connectivity index (χ0n) is 11.0. The second kappa shape index (κ2) is 5.31. The number of aliphatic hydroxyl groups is 1. The summed E-state index contributed by atoms with van der Waals surface area (Å²) in [5.41, 5.74) is 0.528. The van der Waals surface area contributed by atoms with Gasteiger partial charge in [-0.25, -0.2) is 15.0 Å². The van der Waals surface area contributed by atoms with Crippen LogP contribution >= 0.6 is 0 Å². The summed E-state index contributed by atoms with van der Waals surface area (Å²) in [6.07, 6.45) is 4.31. The first kappa shape index (κ1) is 13.4. The van der Waals surface area contributed by atoms with Crippen LogP contribution in [-0.4, -0.2) is 43.1 Å². The van der Waals surface area contributed by atoms with Crippen LogP contribution in [0.5, 0.6) is 0 Å². The summed E-state index contributed by atoms with van der Waals surface area (Å²) in [5, 5.41) is 12.2. The number of hydrogen-bond acceptors (Lipinski definition) is 5. The fourth-order valence-corrected chi connectivity index (χ4v) is 2.00. The van der Waals surface area contributed by atoms with Crippen LogP contribution in [0.15, 0.2) is 12.7 Å². The van der Waals surface area contributed by atoms with Gasteiger partial charge in [0.25, 0.3) is 5.91 Å². The Bertz CT molecular complexity index is 582. The monoisotopic (exact) mass is 263 g/mol. The molecular formula is C12H17N5O2. The molecule has 2 aromatic rings. The highest BCUT2D eigenvalue weighted by Crippen LogP contribution is 2.14. The smallest absolute Gasteiger partial charge is 0.272 e. The molecule has 0 aliphatic carbocycles. The number of hydrogen-bond donors (Lipinski definition) is 3. The molecule has 0 aliphatic heterocycles. The van der Waals surface area contributed by atoms with Crippen LogP contribution < -0.4 is 5.32 Å². The normalized spacial score (nSPS) is 14.3. The van der Waals surface area contributed by atoms with Gasteiger partial charge in [0.1, 0.15) is 11.8 Å². The van der Waals surface area contributed by atoms with Crippen LogP contribution in [0.4, 0.5) is 0 Å². The van der Waals surface area contributed by atoms with Gasteiger partial charge in [0.15, 0.2) is 11.3 Å². The Morgan fingerprint density at radius 3 is 2.95 bits per heavy atom. The summed E-state index contributed by atoms with van der Waals surface area (Å²) < 4.78 is 0. The summed E-state index contributed by atoms with van der Waals surface area (Å²) >= 11 is 0. The number of carbonyl (C=O) groups is 1. The van der Waals surface area contributed by atoms with E-state index < -0.39 is 5.54 Å². The van der Waals surface area contributed by atoms with Crippen molar-refractivity contribution < 1.29 is 9.90 Å². The van der Waals surface area contributed by atoms with E-state index in [-0.39, 0.29) is 18.2 Å². The van der Waals surface area contributed by atoms with Gasteiger partial charge < -0.3 is 15.4 Å². The third-order valence-corrected chi connectivity index (χ3v) is 3.00. The van der Waals surface area contributed by atoms with E-state index in [4.69, 9.17) is 0 Å². The average molecular weight is 263 g/mol. The molecule has 1 amide bonds. The van der Waals surface area contributed by atoms with Crippen molar-refractivity contribution in [1.82, 2.24) is 25.3 Å². The molecule has 2 rings (SSSR count). The maximum atomic E-state index is 12.2. The van der Waals surface area contributed by atoms with Crippen molar-refractivity contribution >= 4 is 17.1 Å². The van der Waals surface area contributed by atoms with Gasteiger partial charge in [-0.3, -0.25) is 4.79 Å². The summed E-state index contributed by atoms with van der Waals surface area (Å²) in [4.78, 5) is 27.0. The molecule has 0 bridgehead atoms. The Labute approximate surface area is 110 Å². The molecule has 2 aromatic heterocycles. The largest absolute Gasteiger partial charge is 0.394 e. The van der Waals surface area contributed by atoms with Crippen molar-refractivity contribution in [2.75, 3.05) is 6.61 Å². The molecule has 0 radical (unpaired) electrons. The number of rotatable bonds is 5. The lowest BCUT2D eigenvalue weighted by atomic mass is 9.97. The molecule has 102 valence electrons. The van der Waals surface area contributed by atoms with Crippen molar-refractivity contribution in [3.63, 3.8) is 0 Å². The summed E-state index contributed by atoms with van der Waals surface area (Å²) in [7, 11) is 0. The molecule has 1 unspecified atom stereocenters. The van der Waals surface area contributed by atoms with Gasteiger partial charge in [-0.1, -0.05) is 13.3 Å². The first-order chi connectivity index (χ1) is 9.09. The minimum atomic E-state index is -0.650. The van der Waals surface area contributed by atoms with E-state index in [1.807, 2.05) is 6.92 Å². The van der Waals surface area contributed by atoms with Crippen molar-refractivity contribution in [2.24, 2.45) is 0 Å². The number of aliphatic hydroxyl groups excluding tert-OH is 1. The molecule has 0 saturated carbocycles. The summed E-state index contributed by atoms with van der Waals surface area (Å²) in [5.74, 6) is -0.346. The number of imidazole rings is 1. The number of nitrogens with one attached hydrogen (secondary N) is 2. The quantitative estimate of drug-likeness (QED) is 0.734. The highest BCUT2D eigenvalue weighted by molar-refractivity contribution is 6.02. The first-order valence-electron chi connectivity index (χ1n) is 6.17. The number of nitrogens with zero attached hydrogens (tertiary/aromatic N) is 3. The number of fused-ring (bicyclic) bond motifs is 1. The van der Waals surface area contributed by atoms with Crippen LogP contribution in [0.3, 0.4) is 0 Å². The van der Waals surface area contributed by atoms with E-state index in [0.29, 0.717) is 17.6 Å². The molecule has 3 N–H and O–H groups in total. The zero-order chi connectivity index (χ0) is 13.9. The molecular weight excluding hydrogens is 246 g/mol. The van der Waals surface area contributed by atoms with E-state index in [1.165, 1.54) is 12.7 Å². The van der Waals surface area contributed by atoms with Crippen LogP contribution in [0.25, 0.3) is 11.2 Å². The first-order valence-corrected chi connectivity index (χ1v) is 6.17. The lowest BCUT2D eigenvalue weighted by Crippen LogP contribution is -2.49. The van der Waals surface area contributed by atoms with Crippen LogP contribution in [-0.2, 0) is 0 Å². The Morgan fingerprint density at radius 1 is 1.47 bits per heavy atom. The predicted molar refractivity (Wildman–Crippen MR) is 69.5 cm³/mol. The van der Waals surface area contributed by atoms with E-state index in [1.54, 1.807) is 6.92 Å². The van der Waals surface area contributed by atoms with Gasteiger partial charge >= 0.3 is 0 Å². The molecule has 0 spiro atoms. The van der Waals surface area contributed by atoms with Crippen LogP contribution in [0.1, 0.15) is 37.2 Å². The van der Waals surface area contributed by atoms with Gasteiger partial charge in [0.2, 0.25) is 0 Å². The second-order valence-corrected chi connectivity index (χ2v) is 4.75. The van der Waals surface area contributed by atoms with E-state index >= 15 is 0 Å². The van der Waals surface area contributed by atoms with Crippen molar-refractivity contribution in [3.05, 3.63) is 18.3 Å². The van der Waals surface area contributed by atoms with Gasteiger partial charge in [-0.05, 0) is 13.3 Å². The van der Waals surface area contributed by atoms with Crippen molar-refractivity contribution in [3.8, 4) is 0 Å². The fourth-order valence-electron chi connectivity index (χ4n) is 2.00. The van der Waals surface area contributed by atoms with Gasteiger partial charge in [-0.2, -0.15) is 0 Å². The van der Waals surface area contributed by atoms with Crippen LogP contribution in [0.2, 0.25) is 0 Å². The Morgan fingerprint density at radius 2 is 2.26 bits per heavy atom. The van der Waals surface area contributed by atoms with E-state index in [9.17, 15) is 9.90 Å². The Hall–Kier alpha value is -2.02.